The number of hydrogen-bond donors (Lipinski definition) is 2. The van der Waals surface area contributed by atoms with Crippen molar-refractivity contribution in [2.75, 3.05) is 0 Å². The Bertz CT molecular complexity index is 1690. The second-order valence-corrected chi connectivity index (χ2v) is 25.0. The number of hydrogen-bond acceptors (Lipinski definition) is 9. The van der Waals surface area contributed by atoms with Crippen LogP contribution in [0.1, 0.15) is 5.56 Å². The molecule has 6 aromatic heterocycles. The van der Waals surface area contributed by atoms with E-state index in [9.17, 15) is 0 Å². The average molecular weight is 1330 g/mol. The van der Waals surface area contributed by atoms with E-state index < -0.39 is 0 Å². The molecule has 9 nitrogen and oxygen atoms in total. The van der Waals surface area contributed by atoms with Gasteiger partial charge in [0.05, 0.1) is 12.4 Å². The maximum Gasteiger partial charge on any atom is 0.569 e. The van der Waals surface area contributed by atoms with Gasteiger partial charge in [0.2, 0.25) is 0 Å². The van der Waals surface area contributed by atoms with E-state index in [0.717, 1.165) is 27.2 Å². The van der Waals surface area contributed by atoms with Crippen LogP contribution < -0.4 is 17.9 Å². The Labute approximate surface area is 339 Å². The summed E-state index contributed by atoms with van der Waals surface area (Å²) in [6, 6.07) is 10.8. The van der Waals surface area contributed by atoms with E-state index >= 15 is 0 Å². The molecule has 6 aromatic rings. The Morgan fingerprint density at radius 2 is 1.11 bits per heavy atom. The van der Waals surface area contributed by atoms with Crippen molar-refractivity contribution in [2.45, 2.75) is 6.92 Å². The van der Waals surface area contributed by atoms with Crippen LogP contribution in [-0.4, -0.2) is 47.7 Å². The number of aromatic hydroxyl groups is 1. The molecule has 44 heavy (non-hydrogen) atoms. The smallest absolute Gasteiger partial charge is 0.536 e. The van der Waals surface area contributed by atoms with Crippen LogP contribution in [0.2, 0.25) is 15.5 Å². The predicted molar refractivity (Wildman–Crippen MR) is 220 cm³/mol. The van der Waals surface area contributed by atoms with Gasteiger partial charge in [0.15, 0.2) is 15.5 Å². The quantitative estimate of drug-likeness (QED) is 0.108. The summed E-state index contributed by atoms with van der Waals surface area (Å²) in [4.78, 5) is 23.9. The molecule has 6 heterocycles. The van der Waals surface area contributed by atoms with Crippen LogP contribution in [0, 0.1) is 6.92 Å². The number of fused-ring (bicyclic) bond motifs is 3. The van der Waals surface area contributed by atoms with Gasteiger partial charge < -0.3 is 14.8 Å². The Morgan fingerprint density at radius 3 is 1.59 bits per heavy atom. The van der Waals surface area contributed by atoms with Gasteiger partial charge in [-0.2, -0.15) is 0 Å². The second-order valence-electron chi connectivity index (χ2n) is 7.67. The Hall–Kier alpha value is 0.555. The molecule has 0 saturated heterocycles. The molecule has 1 radical (unpaired) electrons. The van der Waals surface area contributed by atoms with Crippen LogP contribution in [0.15, 0.2) is 73.6 Å². The molecule has 2 N–H and O–H groups in total. The Kier molecular flexibility index (Phi) is 23.0. The van der Waals surface area contributed by atoms with Crippen LogP contribution in [-0.2, 0) is 0 Å². The van der Waals surface area contributed by atoms with Crippen molar-refractivity contribution >= 4 is 174 Å². The first-order chi connectivity index (χ1) is 20.8. The molecule has 6 rings (SSSR count). The molecule has 233 valence electrons. The summed E-state index contributed by atoms with van der Waals surface area (Å²) >= 11 is 26.9. The van der Waals surface area contributed by atoms with E-state index in [1.807, 2.05) is 19.1 Å². The average Bonchev–Trinajstić information content (AvgIpc) is 3.00. The van der Waals surface area contributed by atoms with Gasteiger partial charge in [-0.1, -0.05) is 34.8 Å². The van der Waals surface area contributed by atoms with Gasteiger partial charge in [0, 0.05) is 78.2 Å². The first-order valence-electron chi connectivity index (χ1n) is 11.3. The van der Waals surface area contributed by atoms with Gasteiger partial charge in [0.1, 0.15) is 28.0 Å². The van der Waals surface area contributed by atoms with Crippen molar-refractivity contribution in [3.8, 4) is 11.5 Å². The van der Waals surface area contributed by atoms with Crippen molar-refractivity contribution in [3.05, 3.63) is 94.6 Å². The summed E-state index contributed by atoms with van der Waals surface area (Å²) in [6.07, 6.45) is 9.44. The van der Waals surface area contributed by atoms with Crippen molar-refractivity contribution in [3.63, 3.8) is 0 Å². The maximum absolute atomic E-state index is 9.10. The van der Waals surface area contributed by atoms with Crippen molar-refractivity contribution in [1.29, 1.82) is 0 Å². The topological polar surface area (TPSA) is 127 Å². The number of nitrogens with zero attached hydrogens (tertiary/aromatic N) is 6. The second kappa shape index (κ2) is 23.8. The molecule has 0 aliphatic rings. The van der Waals surface area contributed by atoms with E-state index in [2.05, 4.69) is 104 Å². The van der Waals surface area contributed by atoms with Gasteiger partial charge in [-0.25, -0.2) is 24.9 Å². The molecule has 0 aliphatic heterocycles. The van der Waals surface area contributed by atoms with Gasteiger partial charge in [0.25, 0.3) is 0 Å². The van der Waals surface area contributed by atoms with E-state index in [0.29, 0.717) is 53.2 Å². The van der Waals surface area contributed by atoms with Gasteiger partial charge in [-0.3, -0.25) is 4.98 Å². The van der Waals surface area contributed by atoms with E-state index in [4.69, 9.17) is 49.6 Å². The predicted octanol–water partition coefficient (Wildman–Crippen LogP) is 6.93. The van der Waals surface area contributed by atoms with Crippen LogP contribution in [0.3, 0.4) is 0 Å². The zero-order chi connectivity index (χ0) is 31.8. The van der Waals surface area contributed by atoms with E-state index in [-0.39, 0.29) is 29.7 Å². The van der Waals surface area contributed by atoms with Gasteiger partial charge in [-0.15, -0.1) is 24.0 Å². The summed E-state index contributed by atoms with van der Waals surface area (Å²) in [7, 11) is 0.603. The van der Waals surface area contributed by atoms with Crippen LogP contribution in [0.4, 0.5) is 0 Å². The first kappa shape index (κ1) is 42.6. The number of halogens is 9. The number of aryl methyl sites for hydroxylation is 1. The van der Waals surface area contributed by atoms with E-state index in [1.165, 1.54) is 12.4 Å². The zero-order valence-corrected chi connectivity index (χ0v) is 37.3. The fourth-order valence-corrected chi connectivity index (χ4v) is 3.92. The number of pyridine rings is 6. The van der Waals surface area contributed by atoms with Crippen molar-refractivity contribution in [1.82, 2.24) is 29.9 Å². The summed E-state index contributed by atoms with van der Waals surface area (Å²) in [5.41, 5.74) is 3.12. The number of aromatic nitrogens is 6. The molecule has 19 heteroatoms. The van der Waals surface area contributed by atoms with Gasteiger partial charge in [-0.05, 0) is 48.9 Å². The third kappa shape index (κ3) is 14.0. The monoisotopic (exact) mass is 1330 g/mol. The summed E-state index contributed by atoms with van der Waals surface area (Å²) < 4.78 is 4.76. The molecule has 0 spiro atoms. The van der Waals surface area contributed by atoms with Crippen molar-refractivity contribution in [2.24, 2.45) is 0 Å². The minimum atomic E-state index is 0. The fraction of sp³-hybridized carbons (Fsp3) is 0.0400. The molecule has 0 unspecified atom stereocenters. The minimum Gasteiger partial charge on any atom is -0.536 e. The molecular weight excluding hydrogens is 1310 g/mol. The van der Waals surface area contributed by atoms with Gasteiger partial charge >= 0.3 is 58.2 Å². The Morgan fingerprint density at radius 1 is 0.705 bits per heavy atom. The van der Waals surface area contributed by atoms with E-state index in [1.54, 1.807) is 49.1 Å². The maximum atomic E-state index is 9.10. The third-order valence-electron chi connectivity index (χ3n) is 4.95. The molecular formula is C25H18BCl3I6N6O3-. The standard InChI is InChI=1S/C9H7ClN2.C8H5BClN2O2.C8H5ClN2O.I3.I2.HI/c1-6-4-7-2-3-11-9(10)8(7)12-5-6;10-8-7-5(1-2-11-8)3-6(4-12-7)14-9-13;9-8-7-5(1-2-10-8)3-6(12)4-11-7;1-3-2;1-2;/h2-5H,1H3;1-4,13H;1-4,12H;;;1H/q;;;-1;;. The summed E-state index contributed by atoms with van der Waals surface area (Å²) in [6.45, 7) is 2.00. The summed E-state index contributed by atoms with van der Waals surface area (Å²) in [5, 5.41) is 21.3. The molecule has 0 aromatic carbocycles. The molecule has 0 atom stereocenters. The van der Waals surface area contributed by atoms with Crippen molar-refractivity contribution < 1.29 is 28.0 Å². The molecule has 0 bridgehead atoms. The number of rotatable bonds is 2. The normalized spacial score (nSPS) is 9.57. The SMILES string of the molecule is Cc1cnc2c(Cl)nccc2c1.I.II.I[I-]I.O[B]Oc1cnc2c(Cl)nccc2c1.Oc1cnc2c(Cl)nccc2c1. The largest absolute Gasteiger partial charge is 0.569 e. The first-order valence-corrected chi connectivity index (χ1v) is 31.3. The molecule has 0 saturated carbocycles. The third-order valence-corrected chi connectivity index (χ3v) is 5.78. The molecule has 0 aliphatic carbocycles. The zero-order valence-electron chi connectivity index (χ0n) is 21.9. The van der Waals surface area contributed by atoms with Crippen LogP contribution in [0.5, 0.6) is 11.5 Å². The van der Waals surface area contributed by atoms with Crippen LogP contribution in [0.25, 0.3) is 32.7 Å². The summed E-state index contributed by atoms with van der Waals surface area (Å²) in [5.74, 6) is 0.576. The fourth-order valence-electron chi connectivity index (χ4n) is 3.28. The Balaban J connectivity index is 0.000000305. The van der Waals surface area contributed by atoms with Crippen LogP contribution >= 0.6 is 133 Å². The molecule has 0 fully saturated rings. The minimum absolute atomic E-state index is 0. The molecule has 0 amide bonds.